The molecule has 0 atom stereocenters. The Labute approximate surface area is 87.9 Å². The zero-order valence-corrected chi connectivity index (χ0v) is 8.44. The lowest BCUT2D eigenvalue weighted by Gasteiger charge is -2.25. The van der Waals surface area contributed by atoms with Gasteiger partial charge in [0.2, 0.25) is 5.91 Å². The summed E-state index contributed by atoms with van der Waals surface area (Å²) < 4.78 is 5.09. The van der Waals surface area contributed by atoms with Crippen molar-refractivity contribution in [3.63, 3.8) is 0 Å². The van der Waals surface area contributed by atoms with Crippen molar-refractivity contribution >= 4 is 11.7 Å². The molecule has 1 aromatic rings. The van der Waals surface area contributed by atoms with Crippen molar-refractivity contribution in [3.05, 3.63) is 24.2 Å². The zero-order valence-electron chi connectivity index (χ0n) is 8.44. The molecule has 80 valence electrons. The molecule has 1 aliphatic rings. The van der Waals surface area contributed by atoms with Crippen LogP contribution in [0.25, 0.3) is 0 Å². The SMILES string of the molecule is O=C1CCCN(C(=O)Cc2ccco2)C1. The topological polar surface area (TPSA) is 50.5 Å². The fourth-order valence-corrected chi connectivity index (χ4v) is 1.72. The van der Waals surface area contributed by atoms with Gasteiger partial charge in [0, 0.05) is 13.0 Å². The summed E-state index contributed by atoms with van der Waals surface area (Å²) in [7, 11) is 0. The van der Waals surface area contributed by atoms with Gasteiger partial charge in [-0.25, -0.2) is 0 Å². The third-order valence-corrected chi connectivity index (χ3v) is 2.51. The summed E-state index contributed by atoms with van der Waals surface area (Å²) in [5.74, 6) is 0.769. The van der Waals surface area contributed by atoms with Crippen molar-refractivity contribution in [3.8, 4) is 0 Å². The van der Waals surface area contributed by atoms with E-state index in [4.69, 9.17) is 4.42 Å². The van der Waals surface area contributed by atoms with Crippen LogP contribution in [-0.2, 0) is 16.0 Å². The maximum absolute atomic E-state index is 11.7. The third-order valence-electron chi connectivity index (χ3n) is 2.51. The number of nitrogens with zero attached hydrogens (tertiary/aromatic N) is 1. The van der Waals surface area contributed by atoms with Crippen molar-refractivity contribution in [1.29, 1.82) is 0 Å². The zero-order chi connectivity index (χ0) is 10.7. The highest BCUT2D eigenvalue weighted by molar-refractivity contribution is 5.87. The lowest BCUT2D eigenvalue weighted by atomic mass is 10.1. The van der Waals surface area contributed by atoms with Gasteiger partial charge in [-0.2, -0.15) is 0 Å². The minimum Gasteiger partial charge on any atom is -0.469 e. The first-order valence-corrected chi connectivity index (χ1v) is 5.07. The van der Waals surface area contributed by atoms with Crippen LogP contribution in [-0.4, -0.2) is 29.7 Å². The van der Waals surface area contributed by atoms with Crippen LogP contribution in [0, 0.1) is 0 Å². The molecule has 4 nitrogen and oxygen atoms in total. The van der Waals surface area contributed by atoms with Crippen molar-refractivity contribution in [1.82, 2.24) is 4.90 Å². The number of Topliss-reactive ketones (excluding diaryl/α,β-unsaturated/α-hetero) is 1. The molecule has 0 bridgehead atoms. The van der Waals surface area contributed by atoms with Crippen molar-refractivity contribution in [2.24, 2.45) is 0 Å². The smallest absolute Gasteiger partial charge is 0.230 e. The van der Waals surface area contributed by atoms with Crippen molar-refractivity contribution < 1.29 is 14.0 Å². The van der Waals surface area contributed by atoms with Crippen LogP contribution in [0.4, 0.5) is 0 Å². The second kappa shape index (κ2) is 4.29. The monoisotopic (exact) mass is 207 g/mol. The number of carbonyl (C=O) groups is 2. The predicted molar refractivity (Wildman–Crippen MR) is 53.2 cm³/mol. The van der Waals surface area contributed by atoms with E-state index in [1.54, 1.807) is 23.3 Å². The summed E-state index contributed by atoms with van der Waals surface area (Å²) in [4.78, 5) is 24.5. The molecule has 1 aliphatic heterocycles. The van der Waals surface area contributed by atoms with Crippen LogP contribution < -0.4 is 0 Å². The Morgan fingerprint density at radius 2 is 2.40 bits per heavy atom. The van der Waals surface area contributed by atoms with E-state index < -0.39 is 0 Å². The standard InChI is InChI=1S/C11H13NO3/c13-9-3-1-5-12(8-9)11(14)7-10-4-2-6-15-10/h2,4,6H,1,3,5,7-8H2. The molecule has 0 spiro atoms. The van der Waals surface area contributed by atoms with Crippen LogP contribution in [0.3, 0.4) is 0 Å². The number of piperidine rings is 1. The average molecular weight is 207 g/mol. The Hall–Kier alpha value is -1.58. The quantitative estimate of drug-likeness (QED) is 0.727. The molecule has 1 fully saturated rings. The molecule has 0 unspecified atom stereocenters. The van der Waals surface area contributed by atoms with E-state index in [-0.39, 0.29) is 24.7 Å². The van der Waals surface area contributed by atoms with Crippen LogP contribution in [0.15, 0.2) is 22.8 Å². The number of amides is 1. The van der Waals surface area contributed by atoms with E-state index >= 15 is 0 Å². The molecule has 2 heterocycles. The molecule has 1 aromatic heterocycles. The van der Waals surface area contributed by atoms with E-state index in [1.165, 1.54) is 0 Å². The van der Waals surface area contributed by atoms with Gasteiger partial charge in [0.15, 0.2) is 5.78 Å². The van der Waals surface area contributed by atoms with Crippen molar-refractivity contribution in [2.75, 3.05) is 13.1 Å². The van der Waals surface area contributed by atoms with Crippen LogP contribution >= 0.6 is 0 Å². The second-order valence-corrected chi connectivity index (χ2v) is 3.71. The molecular weight excluding hydrogens is 194 g/mol. The summed E-state index contributed by atoms with van der Waals surface area (Å²) in [6.07, 6.45) is 3.18. The third kappa shape index (κ3) is 2.46. The Morgan fingerprint density at radius 3 is 3.07 bits per heavy atom. The van der Waals surface area contributed by atoms with Crippen LogP contribution in [0.5, 0.6) is 0 Å². The molecule has 15 heavy (non-hydrogen) atoms. The van der Waals surface area contributed by atoms with E-state index in [9.17, 15) is 9.59 Å². The summed E-state index contributed by atoms with van der Waals surface area (Å²) >= 11 is 0. The molecular formula is C11H13NO3. The number of carbonyl (C=O) groups excluding carboxylic acids is 2. The van der Waals surface area contributed by atoms with Gasteiger partial charge in [-0.3, -0.25) is 9.59 Å². The molecule has 4 heteroatoms. The number of hydrogen-bond donors (Lipinski definition) is 0. The maximum atomic E-state index is 11.7. The normalized spacial score (nSPS) is 16.8. The van der Waals surface area contributed by atoms with Gasteiger partial charge >= 0.3 is 0 Å². The van der Waals surface area contributed by atoms with E-state index in [0.29, 0.717) is 18.7 Å². The number of furan rings is 1. The predicted octanol–water partition coefficient (Wildman–Crippen LogP) is 1.01. The van der Waals surface area contributed by atoms with Gasteiger partial charge in [-0.15, -0.1) is 0 Å². The lowest BCUT2D eigenvalue weighted by Crippen LogP contribution is -2.40. The van der Waals surface area contributed by atoms with Gasteiger partial charge in [-0.1, -0.05) is 0 Å². The Kier molecular flexibility index (Phi) is 2.85. The van der Waals surface area contributed by atoms with Crippen molar-refractivity contribution in [2.45, 2.75) is 19.3 Å². The number of ketones is 1. The largest absolute Gasteiger partial charge is 0.469 e. The highest BCUT2D eigenvalue weighted by Gasteiger charge is 2.21. The van der Waals surface area contributed by atoms with Gasteiger partial charge in [0.05, 0.1) is 19.2 Å². The molecule has 0 radical (unpaired) electrons. The van der Waals surface area contributed by atoms with E-state index in [1.807, 2.05) is 0 Å². The Bertz CT molecular complexity index is 356. The minimum absolute atomic E-state index is 0.0296. The van der Waals surface area contributed by atoms with Gasteiger partial charge < -0.3 is 9.32 Å². The second-order valence-electron chi connectivity index (χ2n) is 3.71. The first-order chi connectivity index (χ1) is 7.25. The number of rotatable bonds is 2. The molecule has 2 rings (SSSR count). The Morgan fingerprint density at radius 1 is 1.53 bits per heavy atom. The molecule has 0 N–H and O–H groups in total. The average Bonchev–Trinajstić information content (AvgIpc) is 2.70. The molecule has 0 saturated carbocycles. The fraction of sp³-hybridized carbons (Fsp3) is 0.455. The summed E-state index contributed by atoms with van der Waals surface area (Å²) in [5, 5.41) is 0. The van der Waals surface area contributed by atoms with E-state index in [0.717, 1.165) is 6.42 Å². The number of hydrogen-bond acceptors (Lipinski definition) is 3. The fourth-order valence-electron chi connectivity index (χ4n) is 1.72. The van der Waals surface area contributed by atoms with Crippen LogP contribution in [0.2, 0.25) is 0 Å². The summed E-state index contributed by atoms with van der Waals surface area (Å²) in [5.41, 5.74) is 0. The lowest BCUT2D eigenvalue weighted by molar-refractivity contribution is -0.137. The molecule has 0 aromatic carbocycles. The first-order valence-electron chi connectivity index (χ1n) is 5.07. The minimum atomic E-state index is -0.0296. The van der Waals surface area contributed by atoms with E-state index in [2.05, 4.69) is 0 Å². The van der Waals surface area contributed by atoms with Gasteiger partial charge in [0.1, 0.15) is 5.76 Å². The Balaban J connectivity index is 1.93. The van der Waals surface area contributed by atoms with Crippen LogP contribution in [0.1, 0.15) is 18.6 Å². The highest BCUT2D eigenvalue weighted by Crippen LogP contribution is 2.09. The van der Waals surface area contributed by atoms with Gasteiger partial charge in [0.25, 0.3) is 0 Å². The molecule has 1 saturated heterocycles. The first kappa shape index (κ1) is 9.96. The summed E-state index contributed by atoms with van der Waals surface area (Å²) in [6, 6.07) is 3.52. The highest BCUT2D eigenvalue weighted by atomic mass is 16.3. The summed E-state index contributed by atoms with van der Waals surface area (Å²) in [6.45, 7) is 0.949. The molecule has 0 aliphatic carbocycles. The number of likely N-dealkylation sites (tertiary alicyclic amines) is 1. The molecule has 1 amide bonds. The van der Waals surface area contributed by atoms with Gasteiger partial charge in [-0.05, 0) is 18.6 Å². The maximum Gasteiger partial charge on any atom is 0.230 e.